The fourth-order valence-corrected chi connectivity index (χ4v) is 4.96. The van der Waals surface area contributed by atoms with Crippen molar-refractivity contribution in [3.8, 4) is 0 Å². The van der Waals surface area contributed by atoms with E-state index in [9.17, 15) is 18.0 Å². The van der Waals surface area contributed by atoms with Crippen LogP contribution in [0.2, 0.25) is 0 Å². The van der Waals surface area contributed by atoms with E-state index in [1.807, 2.05) is 24.3 Å². The number of carbonyl (C=O) groups excluding carboxylic acids is 1. The van der Waals surface area contributed by atoms with Gasteiger partial charge in [0.15, 0.2) is 0 Å². The number of halogens is 3. The number of anilines is 3. The molecular formula is C21H22F3N3OS. The lowest BCUT2D eigenvalue weighted by Gasteiger charge is -2.28. The first-order valence-electron chi connectivity index (χ1n) is 9.65. The molecule has 154 valence electrons. The van der Waals surface area contributed by atoms with Gasteiger partial charge in [-0.2, -0.15) is 13.2 Å². The molecule has 0 bridgehead atoms. The number of carbonyl (C=O) groups is 1. The highest BCUT2D eigenvalue weighted by Gasteiger charge is 2.34. The van der Waals surface area contributed by atoms with Crippen LogP contribution in [0.15, 0.2) is 46.2 Å². The Balaban J connectivity index is 1.63. The summed E-state index contributed by atoms with van der Waals surface area (Å²) in [6.45, 7) is 0.607. The van der Waals surface area contributed by atoms with E-state index in [4.69, 9.17) is 5.73 Å². The zero-order chi connectivity index (χ0) is 20.6. The summed E-state index contributed by atoms with van der Waals surface area (Å²) in [7, 11) is 0. The van der Waals surface area contributed by atoms with E-state index >= 15 is 0 Å². The Hall–Kier alpha value is -2.19. The fourth-order valence-electron chi connectivity index (χ4n) is 3.89. The van der Waals surface area contributed by atoms with E-state index in [-0.39, 0.29) is 17.5 Å². The number of amides is 1. The van der Waals surface area contributed by atoms with Gasteiger partial charge in [0.2, 0.25) is 5.91 Å². The molecule has 4 nitrogen and oxygen atoms in total. The lowest BCUT2D eigenvalue weighted by molar-refractivity contribution is -0.137. The predicted octanol–water partition coefficient (Wildman–Crippen LogP) is 5.62. The van der Waals surface area contributed by atoms with E-state index in [0.717, 1.165) is 35.6 Å². The number of alkyl halides is 3. The van der Waals surface area contributed by atoms with Crippen LogP contribution in [0.5, 0.6) is 0 Å². The Kier molecular flexibility index (Phi) is 5.48. The van der Waals surface area contributed by atoms with Crippen LogP contribution in [0.3, 0.4) is 0 Å². The van der Waals surface area contributed by atoms with Gasteiger partial charge in [-0.25, -0.2) is 0 Å². The van der Waals surface area contributed by atoms with Crippen LogP contribution < -0.4 is 16.4 Å². The van der Waals surface area contributed by atoms with Crippen molar-refractivity contribution in [3.63, 3.8) is 0 Å². The number of nitrogens with one attached hydrogen (secondary N) is 2. The number of fused-ring (bicyclic) bond motifs is 2. The van der Waals surface area contributed by atoms with Crippen molar-refractivity contribution in [2.45, 2.75) is 41.7 Å². The van der Waals surface area contributed by atoms with Crippen LogP contribution >= 0.6 is 11.8 Å². The molecule has 4 N–H and O–H groups in total. The monoisotopic (exact) mass is 421 g/mol. The second kappa shape index (κ2) is 7.91. The molecule has 0 unspecified atom stereocenters. The van der Waals surface area contributed by atoms with Gasteiger partial charge < -0.3 is 16.4 Å². The van der Waals surface area contributed by atoms with E-state index in [2.05, 4.69) is 10.6 Å². The van der Waals surface area contributed by atoms with Gasteiger partial charge in [0, 0.05) is 15.7 Å². The van der Waals surface area contributed by atoms with Crippen LogP contribution in [0.25, 0.3) is 0 Å². The minimum absolute atomic E-state index is 0.169. The lowest BCUT2D eigenvalue weighted by Crippen LogP contribution is -2.29. The van der Waals surface area contributed by atoms with Crippen LogP contribution in [0, 0.1) is 11.8 Å². The highest BCUT2D eigenvalue weighted by molar-refractivity contribution is 7.99. The normalized spacial score (nSPS) is 21.0. The zero-order valence-electron chi connectivity index (χ0n) is 15.7. The first kappa shape index (κ1) is 20.1. The standard InChI is InChI=1S/C21H22F3N3OS/c22-21(23,24)14-9-16(27-20(28)13-7-5-12(11-25)6-8-13)19-18(10-14)29-17-4-2-1-3-15(17)26-19/h1-4,9-10,12-13,26H,5-8,11,25H2,(H,27,28)/t12-,13-. The van der Waals surface area contributed by atoms with Gasteiger partial charge >= 0.3 is 6.18 Å². The molecule has 2 aliphatic rings. The number of rotatable bonds is 3. The van der Waals surface area contributed by atoms with Crippen molar-refractivity contribution in [1.82, 2.24) is 0 Å². The van der Waals surface area contributed by atoms with Gasteiger partial charge in [-0.3, -0.25) is 4.79 Å². The van der Waals surface area contributed by atoms with E-state index in [1.54, 1.807) is 0 Å². The topological polar surface area (TPSA) is 67.2 Å². The van der Waals surface area contributed by atoms with E-state index < -0.39 is 11.7 Å². The first-order valence-corrected chi connectivity index (χ1v) is 10.5. The maximum Gasteiger partial charge on any atom is 0.416 e. The Morgan fingerprint density at radius 2 is 1.86 bits per heavy atom. The van der Waals surface area contributed by atoms with Crippen molar-refractivity contribution >= 4 is 34.7 Å². The molecular weight excluding hydrogens is 399 g/mol. The second-order valence-electron chi connectivity index (χ2n) is 7.56. The molecule has 1 amide bonds. The van der Waals surface area contributed by atoms with Gasteiger partial charge in [-0.1, -0.05) is 23.9 Å². The molecule has 0 radical (unpaired) electrons. The molecule has 1 heterocycles. The summed E-state index contributed by atoms with van der Waals surface area (Å²) in [5.41, 5.74) is 6.42. The second-order valence-corrected chi connectivity index (χ2v) is 8.64. The molecule has 1 aliphatic heterocycles. The molecule has 0 saturated heterocycles. The summed E-state index contributed by atoms with van der Waals surface area (Å²) in [5.74, 6) is -0.00545. The molecule has 0 spiro atoms. The summed E-state index contributed by atoms with van der Waals surface area (Å²) in [5, 5.41) is 5.96. The number of para-hydroxylation sites is 1. The SMILES string of the molecule is NC[C@H]1CC[C@H](C(=O)Nc2cc(C(F)(F)F)cc3c2Nc2ccccc2S3)CC1. The van der Waals surface area contributed by atoms with Crippen molar-refractivity contribution in [3.05, 3.63) is 42.0 Å². The number of hydrogen-bond acceptors (Lipinski definition) is 4. The number of hydrogen-bond donors (Lipinski definition) is 3. The van der Waals surface area contributed by atoms with Crippen LogP contribution in [-0.2, 0) is 11.0 Å². The van der Waals surface area contributed by atoms with Gasteiger partial charge in [0.05, 0.1) is 22.6 Å². The molecule has 1 aliphatic carbocycles. The van der Waals surface area contributed by atoms with Gasteiger partial charge in [0.1, 0.15) is 0 Å². The minimum atomic E-state index is -4.49. The van der Waals surface area contributed by atoms with Crippen LogP contribution in [0.4, 0.5) is 30.2 Å². The quantitative estimate of drug-likeness (QED) is 0.514. The maximum absolute atomic E-state index is 13.5. The molecule has 29 heavy (non-hydrogen) atoms. The third-order valence-electron chi connectivity index (χ3n) is 5.60. The van der Waals surface area contributed by atoms with Gasteiger partial charge in [0.25, 0.3) is 0 Å². The van der Waals surface area contributed by atoms with Crippen LogP contribution in [0.1, 0.15) is 31.2 Å². The summed E-state index contributed by atoms with van der Waals surface area (Å²) in [4.78, 5) is 14.1. The van der Waals surface area contributed by atoms with Gasteiger partial charge in [-0.05, 0) is 62.4 Å². The van der Waals surface area contributed by atoms with Crippen LogP contribution in [-0.4, -0.2) is 12.5 Å². The highest BCUT2D eigenvalue weighted by atomic mass is 32.2. The predicted molar refractivity (Wildman–Crippen MR) is 108 cm³/mol. The average Bonchev–Trinajstić information content (AvgIpc) is 2.71. The van der Waals surface area contributed by atoms with Crippen molar-refractivity contribution in [2.24, 2.45) is 17.6 Å². The van der Waals surface area contributed by atoms with E-state index in [1.165, 1.54) is 11.8 Å². The highest BCUT2D eigenvalue weighted by Crippen LogP contribution is 2.49. The smallest absolute Gasteiger partial charge is 0.352 e. The zero-order valence-corrected chi connectivity index (χ0v) is 16.5. The minimum Gasteiger partial charge on any atom is -0.352 e. The maximum atomic E-state index is 13.5. The average molecular weight is 421 g/mol. The molecule has 1 saturated carbocycles. The molecule has 2 aromatic rings. The van der Waals surface area contributed by atoms with E-state index in [0.29, 0.717) is 35.9 Å². The Morgan fingerprint density at radius 1 is 1.14 bits per heavy atom. The number of benzene rings is 2. The Labute approximate surface area is 171 Å². The Bertz CT molecular complexity index is 924. The summed E-state index contributed by atoms with van der Waals surface area (Å²) in [6.07, 6.45) is -1.33. The molecule has 0 atom stereocenters. The lowest BCUT2D eigenvalue weighted by atomic mass is 9.81. The Morgan fingerprint density at radius 3 is 2.55 bits per heavy atom. The number of nitrogens with two attached hydrogens (primary N) is 1. The summed E-state index contributed by atoms with van der Waals surface area (Å²) in [6, 6.07) is 9.56. The molecule has 0 aromatic heterocycles. The van der Waals surface area contributed by atoms with Gasteiger partial charge in [-0.15, -0.1) is 0 Å². The van der Waals surface area contributed by atoms with Crippen molar-refractivity contribution in [2.75, 3.05) is 17.2 Å². The largest absolute Gasteiger partial charge is 0.416 e. The molecule has 1 fully saturated rings. The summed E-state index contributed by atoms with van der Waals surface area (Å²) >= 11 is 1.27. The molecule has 8 heteroatoms. The fraction of sp³-hybridized carbons (Fsp3) is 0.381. The molecule has 4 rings (SSSR count). The summed E-state index contributed by atoms with van der Waals surface area (Å²) < 4.78 is 40.4. The third kappa shape index (κ3) is 4.23. The first-order chi connectivity index (χ1) is 13.8. The van der Waals surface area contributed by atoms with Crippen molar-refractivity contribution in [1.29, 1.82) is 0 Å². The third-order valence-corrected chi connectivity index (χ3v) is 6.72. The molecule has 2 aromatic carbocycles. The van der Waals surface area contributed by atoms with Crippen molar-refractivity contribution < 1.29 is 18.0 Å².